The molecule has 0 spiro atoms. The highest BCUT2D eigenvalue weighted by Crippen LogP contribution is 2.11. The molecule has 2 unspecified atom stereocenters. The van der Waals surface area contributed by atoms with Gasteiger partial charge in [-0.15, -0.1) is 12.3 Å². The van der Waals surface area contributed by atoms with Crippen molar-refractivity contribution in [2.45, 2.75) is 32.4 Å². The first-order chi connectivity index (χ1) is 6.74. The summed E-state index contributed by atoms with van der Waals surface area (Å²) >= 11 is 0. The average Bonchev–Trinajstić information content (AvgIpc) is 2.19. The van der Waals surface area contributed by atoms with Crippen molar-refractivity contribution < 1.29 is 0 Å². The van der Waals surface area contributed by atoms with Crippen molar-refractivity contribution in [2.24, 2.45) is 0 Å². The van der Waals surface area contributed by atoms with Crippen LogP contribution in [0.3, 0.4) is 0 Å². The molecule has 0 fully saturated rings. The summed E-state index contributed by atoms with van der Waals surface area (Å²) in [6.45, 7) is 4.22. The summed E-state index contributed by atoms with van der Waals surface area (Å²) < 4.78 is 0. The molecule has 0 amide bonds. The molecule has 2 nitrogen and oxygen atoms in total. The van der Waals surface area contributed by atoms with Gasteiger partial charge in [-0.05, 0) is 31.5 Å². The minimum atomic E-state index is 0.321. The van der Waals surface area contributed by atoms with Gasteiger partial charge in [-0.3, -0.25) is 4.98 Å². The maximum Gasteiger partial charge on any atom is 0.0295 e. The Morgan fingerprint density at radius 1 is 1.43 bits per heavy atom. The number of aromatic nitrogens is 1. The van der Waals surface area contributed by atoms with Gasteiger partial charge in [-0.2, -0.15) is 0 Å². The fourth-order valence-corrected chi connectivity index (χ4v) is 1.41. The van der Waals surface area contributed by atoms with Gasteiger partial charge in [-0.25, -0.2) is 0 Å². The summed E-state index contributed by atoms with van der Waals surface area (Å²) in [6, 6.07) is 4.70. The molecular weight excluding hydrogens is 172 g/mol. The van der Waals surface area contributed by atoms with Gasteiger partial charge in [0.25, 0.3) is 0 Å². The quantitative estimate of drug-likeness (QED) is 0.732. The number of rotatable bonds is 4. The van der Waals surface area contributed by atoms with Gasteiger partial charge in [0.05, 0.1) is 0 Å². The molecule has 0 aliphatic rings. The van der Waals surface area contributed by atoms with E-state index in [1.54, 1.807) is 12.4 Å². The molecule has 1 aromatic rings. The summed E-state index contributed by atoms with van der Waals surface area (Å²) in [4.78, 5) is 3.98. The van der Waals surface area contributed by atoms with Crippen molar-refractivity contribution in [3.63, 3.8) is 0 Å². The van der Waals surface area contributed by atoms with Crippen LogP contribution < -0.4 is 5.32 Å². The lowest BCUT2D eigenvalue weighted by Crippen LogP contribution is -2.28. The Kier molecular flexibility index (Phi) is 4.15. The Morgan fingerprint density at radius 2 is 2.07 bits per heavy atom. The zero-order chi connectivity index (χ0) is 10.4. The molecule has 1 rings (SSSR count). The Balaban J connectivity index is 2.51. The maximum atomic E-state index is 5.24. The lowest BCUT2D eigenvalue weighted by atomic mass is 10.1. The zero-order valence-corrected chi connectivity index (χ0v) is 8.70. The summed E-state index contributed by atoms with van der Waals surface area (Å²) in [7, 11) is 0. The third kappa shape index (κ3) is 3.20. The molecule has 2 atom stereocenters. The average molecular weight is 188 g/mol. The molecule has 1 aromatic heterocycles. The van der Waals surface area contributed by atoms with E-state index in [1.807, 2.05) is 12.1 Å². The first kappa shape index (κ1) is 10.7. The van der Waals surface area contributed by atoms with Crippen LogP contribution in [0.25, 0.3) is 0 Å². The molecule has 0 bridgehead atoms. The molecule has 1 N–H and O–H groups in total. The van der Waals surface area contributed by atoms with Crippen LogP contribution in [0.15, 0.2) is 24.5 Å². The number of hydrogen-bond acceptors (Lipinski definition) is 2. The maximum absolute atomic E-state index is 5.24. The number of terminal acetylenes is 1. The van der Waals surface area contributed by atoms with Crippen LogP contribution in [0.5, 0.6) is 0 Å². The van der Waals surface area contributed by atoms with Crippen LogP contribution in [-0.2, 0) is 0 Å². The number of nitrogens with zero attached hydrogens (tertiary/aromatic N) is 1. The highest BCUT2D eigenvalue weighted by Gasteiger charge is 2.07. The summed E-state index contributed by atoms with van der Waals surface area (Å²) in [5.74, 6) is 2.65. The van der Waals surface area contributed by atoms with E-state index in [2.05, 4.69) is 30.1 Å². The molecular formula is C12H16N2. The van der Waals surface area contributed by atoms with Crippen molar-refractivity contribution in [3.8, 4) is 12.3 Å². The largest absolute Gasteiger partial charge is 0.307 e. The second-order valence-corrected chi connectivity index (χ2v) is 3.48. The minimum absolute atomic E-state index is 0.321. The van der Waals surface area contributed by atoms with E-state index in [1.165, 1.54) is 5.56 Å². The van der Waals surface area contributed by atoms with E-state index >= 15 is 0 Å². The van der Waals surface area contributed by atoms with Crippen LogP contribution in [0, 0.1) is 12.3 Å². The van der Waals surface area contributed by atoms with Crippen molar-refractivity contribution in [3.05, 3.63) is 30.1 Å². The Morgan fingerprint density at radius 3 is 2.64 bits per heavy atom. The van der Waals surface area contributed by atoms with Gasteiger partial charge in [0.15, 0.2) is 0 Å². The fourth-order valence-electron chi connectivity index (χ4n) is 1.41. The third-order valence-corrected chi connectivity index (χ3v) is 2.16. The normalized spacial score (nSPS) is 14.4. The van der Waals surface area contributed by atoms with Gasteiger partial charge < -0.3 is 5.32 Å². The molecule has 0 radical (unpaired) electrons. The number of nitrogens with one attached hydrogen (secondary N) is 1. The van der Waals surface area contributed by atoms with Crippen LogP contribution in [-0.4, -0.2) is 11.0 Å². The Hall–Kier alpha value is -1.33. The van der Waals surface area contributed by atoms with Crippen molar-refractivity contribution >= 4 is 0 Å². The first-order valence-electron chi connectivity index (χ1n) is 4.83. The minimum Gasteiger partial charge on any atom is -0.307 e. The molecule has 14 heavy (non-hydrogen) atoms. The van der Waals surface area contributed by atoms with Crippen LogP contribution in [0.2, 0.25) is 0 Å². The topological polar surface area (TPSA) is 24.9 Å². The lowest BCUT2D eigenvalue weighted by molar-refractivity contribution is 0.486. The zero-order valence-electron chi connectivity index (χ0n) is 8.70. The van der Waals surface area contributed by atoms with Gasteiger partial charge in [0.2, 0.25) is 0 Å². The van der Waals surface area contributed by atoms with Crippen LogP contribution in [0.4, 0.5) is 0 Å². The second-order valence-electron chi connectivity index (χ2n) is 3.48. The Labute approximate surface area is 85.8 Å². The molecule has 74 valence electrons. The van der Waals surface area contributed by atoms with Gasteiger partial charge in [0, 0.05) is 30.9 Å². The van der Waals surface area contributed by atoms with E-state index in [-0.39, 0.29) is 0 Å². The monoisotopic (exact) mass is 188 g/mol. The highest BCUT2D eigenvalue weighted by molar-refractivity contribution is 5.14. The highest BCUT2D eigenvalue weighted by atomic mass is 14.9. The SMILES string of the molecule is C#CCC(C)NC(C)c1ccncc1. The van der Waals surface area contributed by atoms with E-state index in [0.29, 0.717) is 12.1 Å². The molecule has 2 heteroatoms. The van der Waals surface area contributed by atoms with E-state index < -0.39 is 0 Å². The van der Waals surface area contributed by atoms with Crippen LogP contribution in [0.1, 0.15) is 31.9 Å². The molecule has 0 aliphatic carbocycles. The number of hydrogen-bond donors (Lipinski definition) is 1. The fraction of sp³-hybridized carbons (Fsp3) is 0.417. The van der Waals surface area contributed by atoms with E-state index in [4.69, 9.17) is 6.42 Å². The van der Waals surface area contributed by atoms with Gasteiger partial charge in [-0.1, -0.05) is 0 Å². The molecule has 1 heterocycles. The summed E-state index contributed by atoms with van der Waals surface area (Å²) in [5, 5.41) is 3.43. The number of pyridine rings is 1. The second kappa shape index (κ2) is 5.41. The Bertz CT molecular complexity index is 300. The van der Waals surface area contributed by atoms with Crippen molar-refractivity contribution in [2.75, 3.05) is 0 Å². The summed E-state index contributed by atoms with van der Waals surface area (Å²) in [6.07, 6.45) is 9.61. The first-order valence-corrected chi connectivity index (χ1v) is 4.83. The van der Waals surface area contributed by atoms with Gasteiger partial charge >= 0.3 is 0 Å². The smallest absolute Gasteiger partial charge is 0.0295 e. The van der Waals surface area contributed by atoms with Crippen LogP contribution >= 0.6 is 0 Å². The van der Waals surface area contributed by atoms with E-state index in [9.17, 15) is 0 Å². The van der Waals surface area contributed by atoms with Crippen molar-refractivity contribution in [1.29, 1.82) is 0 Å². The van der Waals surface area contributed by atoms with Gasteiger partial charge in [0.1, 0.15) is 0 Å². The van der Waals surface area contributed by atoms with Crippen molar-refractivity contribution in [1.82, 2.24) is 10.3 Å². The van der Waals surface area contributed by atoms with E-state index in [0.717, 1.165) is 6.42 Å². The third-order valence-electron chi connectivity index (χ3n) is 2.16. The molecule has 0 saturated heterocycles. The standard InChI is InChI=1S/C12H16N2/c1-4-5-10(2)14-11(3)12-6-8-13-9-7-12/h1,6-11,14H,5H2,2-3H3. The predicted octanol–water partition coefficient (Wildman–Crippen LogP) is 2.14. The lowest BCUT2D eigenvalue weighted by Gasteiger charge is -2.18. The molecule has 0 aromatic carbocycles. The summed E-state index contributed by atoms with van der Waals surface area (Å²) in [5.41, 5.74) is 1.24. The molecule has 0 aliphatic heterocycles. The predicted molar refractivity (Wildman–Crippen MR) is 58.7 cm³/mol. The molecule has 0 saturated carbocycles.